The number of carbonyl (C=O) groups excluding carboxylic acids is 3. The van der Waals surface area contributed by atoms with Crippen LogP contribution in [0.5, 0.6) is 5.75 Å². The SMILES string of the molecule is COc1ccc(N2C(=O)NC(=O)/C(=C/c3cc(-c4ccccc4)n(-c4ccc(Cl)cc4)c3-c3ccccc3)C2=O)cc1. The fraction of sp³-hybridized carbons (Fsp3) is 0.0294. The molecule has 4 amide bonds. The summed E-state index contributed by atoms with van der Waals surface area (Å²) in [6.07, 6.45) is 1.54. The van der Waals surface area contributed by atoms with E-state index in [-0.39, 0.29) is 5.57 Å². The maximum absolute atomic E-state index is 13.7. The lowest BCUT2D eigenvalue weighted by Gasteiger charge is -2.26. The number of halogens is 1. The standard InChI is InChI=1S/C34H24ClN3O4/c1-42-28-18-16-27(17-19-28)38-33(40)29(32(39)36-34(38)41)20-24-21-30(22-8-4-2-5-9-22)37(26-14-12-25(35)13-15-26)31(24)23-10-6-3-7-11-23/h2-21H,1H3,(H,36,39,41)/b29-20-. The van der Waals surface area contributed by atoms with E-state index in [2.05, 4.69) is 9.88 Å². The first-order valence-corrected chi connectivity index (χ1v) is 13.5. The Morgan fingerprint density at radius 3 is 1.95 bits per heavy atom. The number of urea groups is 1. The largest absolute Gasteiger partial charge is 0.497 e. The van der Waals surface area contributed by atoms with Gasteiger partial charge in [-0.3, -0.25) is 14.9 Å². The minimum atomic E-state index is -0.820. The fourth-order valence-corrected chi connectivity index (χ4v) is 5.12. The number of hydrogen-bond acceptors (Lipinski definition) is 4. The smallest absolute Gasteiger partial charge is 0.335 e. The minimum Gasteiger partial charge on any atom is -0.497 e. The Balaban J connectivity index is 1.57. The number of nitrogens with zero attached hydrogens (tertiary/aromatic N) is 2. The van der Waals surface area contributed by atoms with Gasteiger partial charge in [0.2, 0.25) is 0 Å². The van der Waals surface area contributed by atoms with Gasteiger partial charge < -0.3 is 9.30 Å². The Bertz CT molecular complexity index is 1830. The van der Waals surface area contributed by atoms with E-state index in [1.54, 1.807) is 30.3 Å². The predicted octanol–water partition coefficient (Wildman–Crippen LogP) is 7.14. The summed E-state index contributed by atoms with van der Waals surface area (Å²) >= 11 is 6.23. The van der Waals surface area contributed by atoms with Crippen molar-refractivity contribution in [2.45, 2.75) is 0 Å². The van der Waals surface area contributed by atoms with Crippen LogP contribution < -0.4 is 15.0 Å². The quantitative estimate of drug-likeness (QED) is 0.173. The van der Waals surface area contributed by atoms with Gasteiger partial charge in [0.1, 0.15) is 11.3 Å². The molecule has 42 heavy (non-hydrogen) atoms. The molecule has 0 aliphatic carbocycles. The molecule has 7 nitrogen and oxygen atoms in total. The lowest BCUT2D eigenvalue weighted by Crippen LogP contribution is -2.54. The highest BCUT2D eigenvalue weighted by Gasteiger charge is 2.37. The van der Waals surface area contributed by atoms with E-state index in [0.29, 0.717) is 22.0 Å². The number of carbonyl (C=O) groups is 3. The maximum atomic E-state index is 13.7. The Morgan fingerprint density at radius 1 is 0.738 bits per heavy atom. The molecule has 1 aliphatic heterocycles. The van der Waals surface area contributed by atoms with Crippen molar-refractivity contribution in [1.29, 1.82) is 0 Å². The van der Waals surface area contributed by atoms with Gasteiger partial charge in [-0.05, 0) is 71.8 Å². The lowest BCUT2D eigenvalue weighted by molar-refractivity contribution is -0.122. The predicted molar refractivity (Wildman–Crippen MR) is 164 cm³/mol. The number of imide groups is 2. The van der Waals surface area contributed by atoms with Gasteiger partial charge in [0.05, 0.1) is 24.2 Å². The molecule has 1 saturated heterocycles. The molecule has 0 spiro atoms. The number of amides is 4. The summed E-state index contributed by atoms with van der Waals surface area (Å²) in [4.78, 5) is 40.6. The molecule has 4 aromatic carbocycles. The van der Waals surface area contributed by atoms with E-state index >= 15 is 0 Å². The number of benzene rings is 4. The normalized spacial score (nSPS) is 14.3. The summed E-state index contributed by atoms with van der Waals surface area (Å²) in [5.74, 6) is -0.928. The third-order valence-corrected chi connectivity index (χ3v) is 7.22. The Labute approximate surface area is 247 Å². The number of anilines is 1. The molecule has 6 rings (SSSR count). The molecule has 0 radical (unpaired) electrons. The van der Waals surface area contributed by atoms with Gasteiger partial charge in [-0.1, -0.05) is 72.3 Å². The van der Waals surface area contributed by atoms with Crippen molar-refractivity contribution in [3.05, 3.63) is 131 Å². The lowest BCUT2D eigenvalue weighted by atomic mass is 10.0. The minimum absolute atomic E-state index is 0.171. The second kappa shape index (κ2) is 11.2. The first-order valence-electron chi connectivity index (χ1n) is 13.1. The Kier molecular flexibility index (Phi) is 7.17. The van der Waals surface area contributed by atoms with Crippen molar-refractivity contribution in [3.8, 4) is 34.0 Å². The fourth-order valence-electron chi connectivity index (χ4n) is 4.99. The molecule has 0 saturated carbocycles. The van der Waals surface area contributed by atoms with Crippen molar-refractivity contribution >= 4 is 41.2 Å². The number of methoxy groups -OCH3 is 1. The van der Waals surface area contributed by atoms with Crippen molar-refractivity contribution in [1.82, 2.24) is 9.88 Å². The summed E-state index contributed by atoms with van der Waals surface area (Å²) < 4.78 is 7.27. The first-order chi connectivity index (χ1) is 20.4. The molecule has 1 aromatic heterocycles. The molecule has 0 unspecified atom stereocenters. The van der Waals surface area contributed by atoms with Crippen molar-refractivity contribution in [2.24, 2.45) is 0 Å². The zero-order valence-electron chi connectivity index (χ0n) is 22.5. The number of barbiturate groups is 1. The highest BCUT2D eigenvalue weighted by molar-refractivity contribution is 6.39. The van der Waals surface area contributed by atoms with Crippen molar-refractivity contribution in [3.63, 3.8) is 0 Å². The second-order valence-electron chi connectivity index (χ2n) is 9.53. The molecule has 8 heteroatoms. The average molecular weight is 574 g/mol. The molecule has 5 aromatic rings. The first kappa shape index (κ1) is 26.8. The van der Waals surface area contributed by atoms with Crippen LogP contribution >= 0.6 is 11.6 Å². The summed E-state index contributed by atoms with van der Waals surface area (Å²) in [6, 6.07) is 34.6. The van der Waals surface area contributed by atoms with Gasteiger partial charge in [0.15, 0.2) is 0 Å². The van der Waals surface area contributed by atoms with Crippen LogP contribution in [0, 0.1) is 0 Å². The van der Waals surface area contributed by atoms with Crippen LogP contribution in [0.1, 0.15) is 5.56 Å². The number of rotatable bonds is 6. The highest BCUT2D eigenvalue weighted by Crippen LogP contribution is 2.38. The van der Waals surface area contributed by atoms with E-state index in [1.807, 2.05) is 91.0 Å². The van der Waals surface area contributed by atoms with Crippen LogP contribution in [-0.4, -0.2) is 29.5 Å². The number of nitrogens with one attached hydrogen (secondary N) is 1. The van der Waals surface area contributed by atoms with E-state index in [4.69, 9.17) is 16.3 Å². The topological polar surface area (TPSA) is 80.6 Å². The van der Waals surface area contributed by atoms with Crippen LogP contribution in [0.4, 0.5) is 10.5 Å². The van der Waals surface area contributed by atoms with Crippen LogP contribution in [-0.2, 0) is 9.59 Å². The van der Waals surface area contributed by atoms with Gasteiger partial charge in [0.25, 0.3) is 11.8 Å². The summed E-state index contributed by atoms with van der Waals surface area (Å²) in [6.45, 7) is 0. The number of ether oxygens (including phenoxy) is 1. The van der Waals surface area contributed by atoms with Gasteiger partial charge in [0, 0.05) is 16.3 Å². The molecular formula is C34H24ClN3O4. The van der Waals surface area contributed by atoms with Crippen LogP contribution in [0.25, 0.3) is 34.3 Å². The average Bonchev–Trinajstić information content (AvgIpc) is 3.40. The van der Waals surface area contributed by atoms with Crippen LogP contribution in [0.3, 0.4) is 0 Å². The second-order valence-corrected chi connectivity index (χ2v) is 9.97. The summed E-state index contributed by atoms with van der Waals surface area (Å²) in [7, 11) is 1.53. The molecule has 0 atom stereocenters. The van der Waals surface area contributed by atoms with Crippen LogP contribution in [0.2, 0.25) is 5.02 Å². The van der Waals surface area contributed by atoms with Crippen molar-refractivity contribution < 1.29 is 19.1 Å². The third kappa shape index (κ3) is 4.98. The number of hydrogen-bond donors (Lipinski definition) is 1. The van der Waals surface area contributed by atoms with E-state index in [0.717, 1.165) is 33.1 Å². The van der Waals surface area contributed by atoms with Gasteiger partial charge >= 0.3 is 6.03 Å². The molecule has 2 heterocycles. The Hall–Kier alpha value is -5.40. The number of aromatic nitrogens is 1. The van der Waals surface area contributed by atoms with E-state index < -0.39 is 17.8 Å². The van der Waals surface area contributed by atoms with Gasteiger partial charge in [-0.2, -0.15) is 0 Å². The maximum Gasteiger partial charge on any atom is 0.335 e. The zero-order chi connectivity index (χ0) is 29.2. The monoisotopic (exact) mass is 573 g/mol. The third-order valence-electron chi connectivity index (χ3n) is 6.96. The zero-order valence-corrected chi connectivity index (χ0v) is 23.2. The van der Waals surface area contributed by atoms with E-state index in [9.17, 15) is 14.4 Å². The highest BCUT2D eigenvalue weighted by atomic mass is 35.5. The van der Waals surface area contributed by atoms with Crippen LogP contribution in [0.15, 0.2) is 121 Å². The van der Waals surface area contributed by atoms with Gasteiger partial charge in [-0.15, -0.1) is 0 Å². The molecule has 1 N–H and O–H groups in total. The molecule has 0 bridgehead atoms. The Morgan fingerprint density at radius 2 is 1.33 bits per heavy atom. The molecule has 1 fully saturated rings. The van der Waals surface area contributed by atoms with Gasteiger partial charge in [-0.25, -0.2) is 9.69 Å². The molecular weight excluding hydrogens is 550 g/mol. The molecule has 1 aliphatic rings. The van der Waals surface area contributed by atoms with Crippen molar-refractivity contribution in [2.75, 3.05) is 12.0 Å². The summed E-state index contributed by atoms with van der Waals surface area (Å²) in [5.41, 5.74) is 5.01. The molecule has 206 valence electrons. The van der Waals surface area contributed by atoms with E-state index in [1.165, 1.54) is 7.11 Å². The summed E-state index contributed by atoms with van der Waals surface area (Å²) in [5, 5.41) is 2.91.